The van der Waals surface area contributed by atoms with Crippen LogP contribution in [0.5, 0.6) is 5.75 Å². The molecule has 0 bridgehead atoms. The number of fused-ring (bicyclic) bond motifs is 2. The van der Waals surface area contributed by atoms with Gasteiger partial charge in [-0.25, -0.2) is 5.43 Å². The topological polar surface area (TPSA) is 66.5 Å². The maximum atomic E-state index is 13.0. The van der Waals surface area contributed by atoms with Gasteiger partial charge in [0, 0.05) is 28.0 Å². The standard InChI is InChI=1S/C22H17F2N3O2/c1-13(26-27-21(28)18-12-25-19-9-5-4-8-17(18)19)15-11-10-14-6-2-3-7-16(14)20(15)29-22(23)24/h2-12,22,25H,1H3,(H,27,28)/b26-13+. The molecule has 0 saturated carbocycles. The lowest BCUT2D eigenvalue weighted by atomic mass is 10.0. The number of halogens is 2. The first-order chi connectivity index (χ1) is 14.0. The van der Waals surface area contributed by atoms with Crippen LogP contribution in [0.3, 0.4) is 0 Å². The lowest BCUT2D eigenvalue weighted by Crippen LogP contribution is -2.19. The molecule has 0 aliphatic carbocycles. The maximum Gasteiger partial charge on any atom is 0.387 e. The van der Waals surface area contributed by atoms with E-state index >= 15 is 0 Å². The van der Waals surface area contributed by atoms with Crippen LogP contribution in [-0.2, 0) is 0 Å². The van der Waals surface area contributed by atoms with Gasteiger partial charge in [-0.2, -0.15) is 13.9 Å². The molecular formula is C22H17F2N3O2. The summed E-state index contributed by atoms with van der Waals surface area (Å²) >= 11 is 0. The van der Waals surface area contributed by atoms with Gasteiger partial charge in [0.25, 0.3) is 5.91 Å². The van der Waals surface area contributed by atoms with Gasteiger partial charge in [-0.15, -0.1) is 0 Å². The van der Waals surface area contributed by atoms with Gasteiger partial charge >= 0.3 is 6.61 Å². The molecule has 29 heavy (non-hydrogen) atoms. The van der Waals surface area contributed by atoms with Gasteiger partial charge in [0.2, 0.25) is 0 Å². The van der Waals surface area contributed by atoms with Crippen molar-refractivity contribution < 1.29 is 18.3 Å². The van der Waals surface area contributed by atoms with Crippen LogP contribution in [0, 0.1) is 0 Å². The quantitative estimate of drug-likeness (QED) is 0.367. The molecule has 5 nitrogen and oxygen atoms in total. The zero-order valence-electron chi connectivity index (χ0n) is 15.4. The number of carbonyl (C=O) groups excluding carboxylic acids is 1. The number of aromatic nitrogens is 1. The molecule has 1 amide bonds. The Morgan fingerprint density at radius 3 is 2.52 bits per heavy atom. The summed E-state index contributed by atoms with van der Waals surface area (Å²) in [6, 6.07) is 17.9. The van der Waals surface area contributed by atoms with Crippen LogP contribution in [0.15, 0.2) is 72.0 Å². The van der Waals surface area contributed by atoms with Crippen molar-refractivity contribution in [2.75, 3.05) is 0 Å². The second kappa shape index (κ2) is 7.71. The number of H-pyrrole nitrogens is 1. The van der Waals surface area contributed by atoms with Crippen LogP contribution < -0.4 is 10.2 Å². The maximum absolute atomic E-state index is 13.0. The first-order valence-corrected chi connectivity index (χ1v) is 8.92. The Kier molecular flexibility index (Phi) is 4.95. The highest BCUT2D eigenvalue weighted by Crippen LogP contribution is 2.31. The number of para-hydroxylation sites is 1. The molecule has 4 rings (SSSR count). The normalized spacial score (nSPS) is 11.9. The van der Waals surface area contributed by atoms with Crippen molar-refractivity contribution in [1.29, 1.82) is 0 Å². The van der Waals surface area contributed by atoms with Gasteiger partial charge in [0.15, 0.2) is 0 Å². The van der Waals surface area contributed by atoms with Crippen molar-refractivity contribution in [2.45, 2.75) is 13.5 Å². The zero-order valence-corrected chi connectivity index (χ0v) is 15.4. The molecule has 0 unspecified atom stereocenters. The number of benzene rings is 3. The molecule has 0 saturated heterocycles. The fraction of sp³-hybridized carbons (Fsp3) is 0.0909. The molecule has 3 aromatic carbocycles. The number of aromatic amines is 1. The third kappa shape index (κ3) is 3.67. The van der Waals surface area contributed by atoms with Crippen molar-refractivity contribution >= 4 is 33.3 Å². The minimum absolute atomic E-state index is 0.0284. The lowest BCUT2D eigenvalue weighted by Gasteiger charge is -2.13. The van der Waals surface area contributed by atoms with Gasteiger partial charge in [0.05, 0.1) is 11.3 Å². The third-order valence-electron chi connectivity index (χ3n) is 4.64. The molecule has 2 N–H and O–H groups in total. The SMILES string of the molecule is C/C(=N\NC(=O)c1c[nH]c2ccccc12)c1ccc2ccccc2c1OC(F)F. The van der Waals surface area contributed by atoms with Gasteiger partial charge in [-0.3, -0.25) is 4.79 Å². The summed E-state index contributed by atoms with van der Waals surface area (Å²) in [5.41, 5.74) is 4.49. The number of hydrogen-bond acceptors (Lipinski definition) is 3. The Bertz CT molecular complexity index is 1230. The number of ether oxygens (including phenoxy) is 1. The first-order valence-electron chi connectivity index (χ1n) is 8.92. The van der Waals surface area contributed by atoms with Crippen molar-refractivity contribution in [3.05, 3.63) is 78.0 Å². The van der Waals surface area contributed by atoms with E-state index < -0.39 is 12.5 Å². The van der Waals surface area contributed by atoms with Crippen molar-refractivity contribution in [1.82, 2.24) is 10.4 Å². The molecule has 0 spiro atoms. The summed E-state index contributed by atoms with van der Waals surface area (Å²) in [6.45, 7) is -1.36. The predicted molar refractivity (Wildman–Crippen MR) is 109 cm³/mol. The summed E-state index contributed by atoms with van der Waals surface area (Å²) < 4.78 is 30.8. The Morgan fingerprint density at radius 1 is 1.00 bits per heavy atom. The van der Waals surface area contributed by atoms with E-state index in [1.165, 1.54) is 0 Å². The molecule has 0 aliphatic heterocycles. The van der Waals surface area contributed by atoms with Crippen LogP contribution in [0.25, 0.3) is 21.7 Å². The number of nitrogens with zero attached hydrogens (tertiary/aromatic N) is 1. The predicted octanol–water partition coefficient (Wildman–Crippen LogP) is 5.08. The summed E-state index contributed by atoms with van der Waals surface area (Å²) in [7, 11) is 0. The van der Waals surface area contributed by atoms with Gasteiger partial charge in [-0.1, -0.05) is 48.5 Å². The van der Waals surface area contributed by atoms with Crippen molar-refractivity contribution in [3.8, 4) is 5.75 Å². The number of carbonyl (C=O) groups is 1. The third-order valence-corrected chi connectivity index (χ3v) is 4.64. The number of hydrogen-bond donors (Lipinski definition) is 2. The number of hydrazone groups is 1. The fourth-order valence-corrected chi connectivity index (χ4v) is 3.26. The zero-order chi connectivity index (χ0) is 20.4. The highest BCUT2D eigenvalue weighted by Gasteiger charge is 2.16. The summed E-state index contributed by atoms with van der Waals surface area (Å²) in [4.78, 5) is 15.6. The molecule has 1 heterocycles. The average Bonchev–Trinajstić information content (AvgIpc) is 3.16. The highest BCUT2D eigenvalue weighted by atomic mass is 19.3. The Morgan fingerprint density at radius 2 is 1.72 bits per heavy atom. The van der Waals surface area contributed by atoms with E-state index in [4.69, 9.17) is 4.74 Å². The Balaban J connectivity index is 1.66. The highest BCUT2D eigenvalue weighted by molar-refractivity contribution is 6.09. The van der Waals surface area contributed by atoms with Gasteiger partial charge < -0.3 is 9.72 Å². The van der Waals surface area contributed by atoms with Crippen molar-refractivity contribution in [2.24, 2.45) is 5.10 Å². The van der Waals surface area contributed by atoms with E-state index in [0.717, 1.165) is 16.3 Å². The molecule has 1 aromatic heterocycles. The lowest BCUT2D eigenvalue weighted by molar-refractivity contribution is -0.0489. The van der Waals surface area contributed by atoms with Crippen LogP contribution in [0.1, 0.15) is 22.8 Å². The van der Waals surface area contributed by atoms with E-state index in [1.54, 1.807) is 37.4 Å². The number of nitrogens with one attached hydrogen (secondary N) is 2. The molecule has 0 fully saturated rings. The molecule has 7 heteroatoms. The van der Waals surface area contributed by atoms with E-state index in [1.807, 2.05) is 36.4 Å². The second-order valence-corrected chi connectivity index (χ2v) is 6.43. The molecule has 0 atom stereocenters. The van der Waals surface area contributed by atoms with E-state index in [-0.39, 0.29) is 5.75 Å². The Hall–Kier alpha value is -3.74. The van der Waals surface area contributed by atoms with E-state index in [2.05, 4.69) is 15.5 Å². The van der Waals surface area contributed by atoms with Gasteiger partial charge in [-0.05, 0) is 24.4 Å². The molecule has 0 radical (unpaired) electrons. The largest absolute Gasteiger partial charge is 0.433 e. The Labute approximate surface area is 165 Å². The van der Waals surface area contributed by atoms with Crippen LogP contribution in [-0.4, -0.2) is 23.2 Å². The number of alkyl halides is 2. The van der Waals surface area contributed by atoms with E-state index in [9.17, 15) is 13.6 Å². The molecular weight excluding hydrogens is 376 g/mol. The van der Waals surface area contributed by atoms with Gasteiger partial charge in [0.1, 0.15) is 5.75 Å². The van der Waals surface area contributed by atoms with Crippen LogP contribution >= 0.6 is 0 Å². The van der Waals surface area contributed by atoms with Crippen LogP contribution in [0.2, 0.25) is 0 Å². The monoisotopic (exact) mass is 393 g/mol. The smallest absolute Gasteiger partial charge is 0.387 e. The van der Waals surface area contributed by atoms with Crippen molar-refractivity contribution in [3.63, 3.8) is 0 Å². The fourth-order valence-electron chi connectivity index (χ4n) is 3.26. The minimum Gasteiger partial charge on any atom is -0.433 e. The van der Waals surface area contributed by atoms with E-state index in [0.29, 0.717) is 22.2 Å². The van der Waals surface area contributed by atoms with Crippen LogP contribution in [0.4, 0.5) is 8.78 Å². The average molecular weight is 393 g/mol. The molecule has 0 aliphatic rings. The summed E-state index contributed by atoms with van der Waals surface area (Å²) in [5, 5.41) is 6.19. The number of amides is 1. The summed E-state index contributed by atoms with van der Waals surface area (Å²) in [6.07, 6.45) is 1.60. The minimum atomic E-state index is -2.98. The summed E-state index contributed by atoms with van der Waals surface area (Å²) in [5.74, 6) is -0.375. The molecule has 146 valence electrons. The molecule has 4 aromatic rings. The second-order valence-electron chi connectivity index (χ2n) is 6.43. The first kappa shape index (κ1) is 18.6. The number of rotatable bonds is 5.